The molecule has 0 radical (unpaired) electrons. The minimum absolute atomic E-state index is 0.430. The summed E-state index contributed by atoms with van der Waals surface area (Å²) in [4.78, 5) is 0. The predicted octanol–water partition coefficient (Wildman–Crippen LogP) is 6.43. The van der Waals surface area contributed by atoms with Crippen molar-refractivity contribution in [3.05, 3.63) is 94.5 Å². The van der Waals surface area contributed by atoms with Gasteiger partial charge in [-0.1, -0.05) is 60.1 Å². The lowest BCUT2D eigenvalue weighted by atomic mass is 10.1. The van der Waals surface area contributed by atoms with Crippen LogP contribution in [0.25, 0.3) is 0 Å². The van der Waals surface area contributed by atoms with E-state index in [2.05, 4.69) is 54.7 Å². The first-order valence-corrected chi connectivity index (χ1v) is 10.9. The Kier molecular flexibility index (Phi) is 8.61. The highest BCUT2D eigenvalue weighted by molar-refractivity contribution is 6.30. The summed E-state index contributed by atoms with van der Waals surface area (Å²) < 4.78 is 11.8. The zero-order chi connectivity index (χ0) is 21.2. The van der Waals surface area contributed by atoms with Gasteiger partial charge in [-0.2, -0.15) is 0 Å². The molecule has 0 spiro atoms. The van der Waals surface area contributed by atoms with Gasteiger partial charge in [-0.15, -0.1) is 0 Å². The Morgan fingerprint density at radius 3 is 2.40 bits per heavy atom. The number of benzene rings is 3. The Balaban J connectivity index is 1.54. The number of rotatable bonds is 11. The lowest BCUT2D eigenvalue weighted by molar-refractivity contribution is 0.269. The van der Waals surface area contributed by atoms with Gasteiger partial charge < -0.3 is 14.8 Å². The molecule has 158 valence electrons. The molecule has 3 rings (SSSR count). The first kappa shape index (κ1) is 22.2. The highest BCUT2D eigenvalue weighted by Crippen LogP contribution is 2.29. The van der Waals surface area contributed by atoms with E-state index in [1.807, 2.05) is 37.3 Å². The molecule has 0 saturated carbocycles. The van der Waals surface area contributed by atoms with Crippen molar-refractivity contribution < 1.29 is 9.47 Å². The van der Waals surface area contributed by atoms with Crippen LogP contribution in [0.15, 0.2) is 72.8 Å². The van der Waals surface area contributed by atoms with Gasteiger partial charge in [-0.05, 0) is 67.6 Å². The average molecular weight is 424 g/mol. The lowest BCUT2D eigenvalue weighted by Crippen LogP contribution is -2.26. The molecule has 0 heterocycles. The molecule has 1 unspecified atom stereocenters. The monoisotopic (exact) mass is 423 g/mol. The molecule has 3 aromatic carbocycles. The molecule has 0 bridgehead atoms. The molecular formula is C26H30ClNO2. The Morgan fingerprint density at radius 2 is 1.63 bits per heavy atom. The molecule has 0 saturated heterocycles. The van der Waals surface area contributed by atoms with Crippen LogP contribution in [0.5, 0.6) is 11.5 Å². The van der Waals surface area contributed by atoms with Crippen LogP contribution < -0.4 is 14.8 Å². The van der Waals surface area contributed by atoms with E-state index in [0.717, 1.165) is 36.4 Å². The summed E-state index contributed by atoms with van der Waals surface area (Å²) in [5.74, 6) is 1.52. The number of aryl methyl sites for hydroxylation is 1. The van der Waals surface area contributed by atoms with Gasteiger partial charge in [0.15, 0.2) is 11.5 Å². The van der Waals surface area contributed by atoms with E-state index in [1.54, 1.807) is 0 Å². The van der Waals surface area contributed by atoms with Gasteiger partial charge in [0.2, 0.25) is 0 Å². The van der Waals surface area contributed by atoms with Gasteiger partial charge in [0.05, 0.1) is 6.61 Å². The third kappa shape index (κ3) is 7.08. The number of halogens is 1. The number of hydrogen-bond acceptors (Lipinski definition) is 3. The van der Waals surface area contributed by atoms with E-state index >= 15 is 0 Å². The largest absolute Gasteiger partial charge is 0.490 e. The minimum Gasteiger partial charge on any atom is -0.490 e. The maximum absolute atomic E-state index is 6.06. The summed E-state index contributed by atoms with van der Waals surface area (Å²) >= 11 is 6.06. The molecule has 0 aliphatic heterocycles. The molecule has 3 aromatic rings. The molecule has 1 atom stereocenters. The normalized spacial score (nSPS) is 11.8. The molecule has 0 amide bonds. The Bertz CT molecular complexity index is 914. The first-order chi connectivity index (χ1) is 14.6. The van der Waals surface area contributed by atoms with Crippen molar-refractivity contribution in [2.24, 2.45) is 0 Å². The van der Waals surface area contributed by atoms with Crippen molar-refractivity contribution in [2.45, 2.75) is 45.9 Å². The summed E-state index contributed by atoms with van der Waals surface area (Å²) in [5.41, 5.74) is 3.59. The molecule has 30 heavy (non-hydrogen) atoms. The number of nitrogens with one attached hydrogen (secondary N) is 1. The van der Waals surface area contributed by atoms with E-state index in [-0.39, 0.29) is 0 Å². The zero-order valence-electron chi connectivity index (χ0n) is 17.7. The predicted molar refractivity (Wildman–Crippen MR) is 124 cm³/mol. The van der Waals surface area contributed by atoms with Gasteiger partial charge in [0.1, 0.15) is 6.61 Å². The molecule has 1 N–H and O–H groups in total. The smallest absolute Gasteiger partial charge is 0.161 e. The van der Waals surface area contributed by atoms with E-state index in [9.17, 15) is 0 Å². The maximum Gasteiger partial charge on any atom is 0.161 e. The molecule has 3 nitrogen and oxygen atoms in total. The van der Waals surface area contributed by atoms with Gasteiger partial charge in [-0.3, -0.25) is 0 Å². The van der Waals surface area contributed by atoms with Gasteiger partial charge in [0.25, 0.3) is 0 Å². The lowest BCUT2D eigenvalue weighted by Gasteiger charge is -2.16. The molecule has 0 aromatic heterocycles. The second-order valence-corrected chi connectivity index (χ2v) is 7.88. The third-order valence-electron chi connectivity index (χ3n) is 4.95. The number of ether oxygens (including phenoxy) is 2. The Morgan fingerprint density at radius 1 is 0.833 bits per heavy atom. The molecular weight excluding hydrogens is 394 g/mol. The highest BCUT2D eigenvalue weighted by atomic mass is 35.5. The van der Waals surface area contributed by atoms with Crippen LogP contribution in [0, 0.1) is 0 Å². The van der Waals surface area contributed by atoms with Gasteiger partial charge in [0, 0.05) is 17.6 Å². The minimum atomic E-state index is 0.430. The van der Waals surface area contributed by atoms with E-state index in [4.69, 9.17) is 21.1 Å². The third-order valence-corrected chi connectivity index (χ3v) is 5.19. The summed E-state index contributed by atoms with van der Waals surface area (Å²) in [6.45, 7) is 6.06. The van der Waals surface area contributed by atoms with Gasteiger partial charge >= 0.3 is 0 Å². The van der Waals surface area contributed by atoms with Crippen molar-refractivity contribution in [2.75, 3.05) is 6.61 Å². The van der Waals surface area contributed by atoms with E-state index in [1.165, 1.54) is 11.1 Å². The van der Waals surface area contributed by atoms with Gasteiger partial charge in [-0.25, -0.2) is 0 Å². The van der Waals surface area contributed by atoms with Crippen LogP contribution in [-0.2, 0) is 19.6 Å². The Hall–Kier alpha value is -2.49. The molecule has 0 fully saturated rings. The fourth-order valence-electron chi connectivity index (χ4n) is 3.26. The van der Waals surface area contributed by atoms with Crippen LogP contribution in [0.1, 0.15) is 37.0 Å². The Labute approximate surface area is 185 Å². The van der Waals surface area contributed by atoms with Crippen molar-refractivity contribution in [3.8, 4) is 11.5 Å². The summed E-state index contributed by atoms with van der Waals surface area (Å²) in [6.07, 6.45) is 2.18. The van der Waals surface area contributed by atoms with Crippen molar-refractivity contribution in [1.29, 1.82) is 0 Å². The fourth-order valence-corrected chi connectivity index (χ4v) is 3.47. The quantitative estimate of drug-likeness (QED) is 0.385. The second-order valence-electron chi connectivity index (χ2n) is 7.44. The molecule has 4 heteroatoms. The molecule has 0 aliphatic carbocycles. The topological polar surface area (TPSA) is 30.5 Å². The van der Waals surface area contributed by atoms with Crippen LogP contribution in [0.2, 0.25) is 5.02 Å². The fraction of sp³-hybridized carbons (Fsp3) is 0.308. The summed E-state index contributed by atoms with van der Waals surface area (Å²) in [7, 11) is 0. The van der Waals surface area contributed by atoms with Crippen molar-refractivity contribution in [3.63, 3.8) is 0 Å². The van der Waals surface area contributed by atoms with E-state index < -0.39 is 0 Å². The summed E-state index contributed by atoms with van der Waals surface area (Å²) in [5, 5.41) is 4.32. The van der Waals surface area contributed by atoms with Crippen molar-refractivity contribution >= 4 is 11.6 Å². The van der Waals surface area contributed by atoms with Crippen LogP contribution >= 0.6 is 11.6 Å². The van der Waals surface area contributed by atoms with Crippen molar-refractivity contribution in [1.82, 2.24) is 5.32 Å². The first-order valence-electron chi connectivity index (χ1n) is 10.5. The van der Waals surface area contributed by atoms with E-state index in [0.29, 0.717) is 24.3 Å². The average Bonchev–Trinajstić information content (AvgIpc) is 2.76. The zero-order valence-corrected chi connectivity index (χ0v) is 18.5. The number of hydrogen-bond donors (Lipinski definition) is 1. The van der Waals surface area contributed by atoms with Crippen LogP contribution in [-0.4, -0.2) is 12.6 Å². The maximum atomic E-state index is 6.06. The second kappa shape index (κ2) is 11.6. The highest BCUT2D eigenvalue weighted by Gasteiger charge is 2.09. The van der Waals surface area contributed by atoms with Crippen LogP contribution in [0.4, 0.5) is 0 Å². The van der Waals surface area contributed by atoms with Crippen LogP contribution in [0.3, 0.4) is 0 Å². The standard InChI is InChI=1S/C26H30ClNO2/c1-3-29-26-17-22(18-28-20(2)12-13-21-8-5-4-6-9-21)14-15-25(26)30-19-23-10-7-11-24(27)16-23/h4-11,14-17,20,28H,3,12-13,18-19H2,1-2H3. The SMILES string of the molecule is CCOc1cc(CNC(C)CCc2ccccc2)ccc1OCc1cccc(Cl)c1. The summed E-state index contributed by atoms with van der Waals surface area (Å²) in [6, 6.07) is 24.9. The molecule has 0 aliphatic rings.